The summed E-state index contributed by atoms with van der Waals surface area (Å²) < 4.78 is 35.8. The molecule has 1 N–H and O–H groups in total. The van der Waals surface area contributed by atoms with Gasteiger partial charge in [0, 0.05) is 11.3 Å². The summed E-state index contributed by atoms with van der Waals surface area (Å²) in [5.41, 5.74) is 3.09. The second-order valence-electron chi connectivity index (χ2n) is 8.09. The molecule has 0 bridgehead atoms. The van der Waals surface area contributed by atoms with Gasteiger partial charge >= 0.3 is 0 Å². The maximum atomic E-state index is 13.6. The summed E-state index contributed by atoms with van der Waals surface area (Å²) in [7, 11) is 0. The van der Waals surface area contributed by atoms with E-state index >= 15 is 0 Å². The summed E-state index contributed by atoms with van der Waals surface area (Å²) in [4.78, 5) is 6.60. The summed E-state index contributed by atoms with van der Waals surface area (Å²) >= 11 is 5.68. The summed E-state index contributed by atoms with van der Waals surface area (Å²) in [5.74, 6) is 2.45. The van der Waals surface area contributed by atoms with Gasteiger partial charge in [-0.3, -0.25) is 0 Å². The van der Waals surface area contributed by atoms with Gasteiger partial charge in [-0.2, -0.15) is 4.98 Å². The molecule has 4 aromatic rings. The number of thiocarbonyl (C=S) groups is 1. The summed E-state index contributed by atoms with van der Waals surface area (Å²) in [5, 5.41) is 8.06. The Bertz CT molecular complexity index is 1430. The lowest BCUT2D eigenvalue weighted by Crippen LogP contribution is -2.45. The molecule has 8 nitrogen and oxygen atoms in total. The number of hydrogen-bond donors (Lipinski definition) is 1. The van der Waals surface area contributed by atoms with Gasteiger partial charge in [0.2, 0.25) is 12.6 Å². The Morgan fingerprint density at radius 3 is 2.74 bits per heavy atom. The van der Waals surface area contributed by atoms with Gasteiger partial charge in [-0.25, -0.2) is 4.39 Å². The molecular formula is C25H19FN4O4S. The van der Waals surface area contributed by atoms with E-state index in [-0.39, 0.29) is 12.6 Å². The Morgan fingerprint density at radius 1 is 1.11 bits per heavy atom. The molecule has 176 valence electrons. The summed E-state index contributed by atoms with van der Waals surface area (Å²) in [6, 6.07) is 15.0. The molecule has 1 unspecified atom stereocenters. The summed E-state index contributed by atoms with van der Waals surface area (Å²) in [6.07, 6.45) is 1.62. The molecule has 0 spiro atoms. The Morgan fingerprint density at radius 2 is 1.94 bits per heavy atom. The molecule has 4 heterocycles. The van der Waals surface area contributed by atoms with E-state index in [9.17, 15) is 4.39 Å². The minimum absolute atomic E-state index is 0.179. The van der Waals surface area contributed by atoms with Gasteiger partial charge in [-0.1, -0.05) is 17.3 Å². The lowest BCUT2D eigenvalue weighted by atomic mass is 9.94. The van der Waals surface area contributed by atoms with Gasteiger partial charge in [0.05, 0.1) is 24.4 Å². The number of ether oxygens (including phenoxy) is 2. The van der Waals surface area contributed by atoms with E-state index in [1.807, 2.05) is 42.2 Å². The van der Waals surface area contributed by atoms with Gasteiger partial charge in [0.15, 0.2) is 16.6 Å². The standard InChI is InChI=1S/C25H19FN4O4S/c1-14-21(24-28-23(29-34-24)16-6-9-19-20(11-16)33-13-32-19)22(15-4-7-17(26)8-5-15)27-25(35)30(14)12-18-3-2-10-31-18/h2-11,22H,12-13H2,1H3,(H,27,35). The van der Waals surface area contributed by atoms with Crippen molar-refractivity contribution in [3.05, 3.63) is 89.6 Å². The number of hydrogen-bond acceptors (Lipinski definition) is 7. The van der Waals surface area contributed by atoms with Crippen LogP contribution in [-0.2, 0) is 6.54 Å². The fraction of sp³-hybridized carbons (Fsp3) is 0.160. The van der Waals surface area contributed by atoms with E-state index in [1.54, 1.807) is 18.4 Å². The van der Waals surface area contributed by atoms with Crippen molar-refractivity contribution in [1.82, 2.24) is 20.4 Å². The van der Waals surface area contributed by atoms with Crippen LogP contribution < -0.4 is 14.8 Å². The first-order valence-corrected chi connectivity index (χ1v) is 11.3. The van der Waals surface area contributed by atoms with E-state index < -0.39 is 6.04 Å². The first-order valence-electron chi connectivity index (χ1n) is 10.9. The molecule has 0 saturated carbocycles. The average molecular weight is 491 g/mol. The van der Waals surface area contributed by atoms with Crippen LogP contribution in [0.3, 0.4) is 0 Å². The van der Waals surface area contributed by atoms with E-state index in [0.29, 0.717) is 34.9 Å². The minimum Gasteiger partial charge on any atom is -0.467 e. The van der Waals surface area contributed by atoms with Crippen molar-refractivity contribution in [2.75, 3.05) is 6.79 Å². The number of halogens is 1. The highest BCUT2D eigenvalue weighted by atomic mass is 32.1. The largest absolute Gasteiger partial charge is 0.467 e. The number of nitrogens with one attached hydrogen (secondary N) is 1. The van der Waals surface area contributed by atoms with Crippen molar-refractivity contribution in [1.29, 1.82) is 0 Å². The van der Waals surface area contributed by atoms with Gasteiger partial charge in [0.1, 0.15) is 11.6 Å². The topological polar surface area (TPSA) is 85.8 Å². The third-order valence-electron chi connectivity index (χ3n) is 5.98. The second-order valence-corrected chi connectivity index (χ2v) is 8.48. The third-order valence-corrected chi connectivity index (χ3v) is 6.32. The quantitative estimate of drug-likeness (QED) is 0.386. The van der Waals surface area contributed by atoms with Crippen LogP contribution in [0.5, 0.6) is 11.5 Å². The number of furan rings is 1. The molecule has 2 aromatic heterocycles. The molecule has 2 aliphatic rings. The number of aromatic nitrogens is 2. The highest BCUT2D eigenvalue weighted by molar-refractivity contribution is 7.80. The van der Waals surface area contributed by atoms with E-state index in [4.69, 9.17) is 35.6 Å². The van der Waals surface area contributed by atoms with Crippen molar-refractivity contribution in [2.45, 2.75) is 19.5 Å². The van der Waals surface area contributed by atoms with Crippen LogP contribution in [0.25, 0.3) is 17.0 Å². The predicted octanol–water partition coefficient (Wildman–Crippen LogP) is 5.06. The van der Waals surface area contributed by atoms with Crippen LogP contribution in [0.15, 0.2) is 75.5 Å². The zero-order valence-electron chi connectivity index (χ0n) is 18.5. The van der Waals surface area contributed by atoms with Crippen LogP contribution in [0.4, 0.5) is 4.39 Å². The Balaban J connectivity index is 1.43. The van der Waals surface area contributed by atoms with Gasteiger partial charge in [-0.15, -0.1) is 0 Å². The molecule has 0 saturated heterocycles. The minimum atomic E-state index is -0.416. The van der Waals surface area contributed by atoms with Gasteiger partial charge in [-0.05, 0) is 67.2 Å². The molecule has 0 radical (unpaired) electrons. The van der Waals surface area contributed by atoms with Crippen LogP contribution >= 0.6 is 12.2 Å². The lowest BCUT2D eigenvalue weighted by Gasteiger charge is -2.37. The Kier molecular flexibility index (Phi) is 5.22. The van der Waals surface area contributed by atoms with Crippen LogP contribution in [0.2, 0.25) is 0 Å². The maximum absolute atomic E-state index is 13.6. The van der Waals surface area contributed by atoms with Crippen molar-refractivity contribution < 1.29 is 22.8 Å². The lowest BCUT2D eigenvalue weighted by molar-refractivity contribution is 0.174. The van der Waals surface area contributed by atoms with E-state index in [0.717, 1.165) is 28.2 Å². The predicted molar refractivity (Wildman–Crippen MR) is 128 cm³/mol. The van der Waals surface area contributed by atoms with Crippen LogP contribution in [0, 0.1) is 5.82 Å². The number of benzene rings is 2. The number of nitrogens with zero attached hydrogens (tertiary/aromatic N) is 3. The third kappa shape index (κ3) is 3.91. The fourth-order valence-corrected chi connectivity index (χ4v) is 4.52. The smallest absolute Gasteiger partial charge is 0.258 e. The zero-order valence-corrected chi connectivity index (χ0v) is 19.3. The maximum Gasteiger partial charge on any atom is 0.258 e. The molecule has 2 aromatic carbocycles. The van der Waals surface area contributed by atoms with Crippen molar-refractivity contribution >= 4 is 22.9 Å². The molecule has 35 heavy (non-hydrogen) atoms. The number of rotatable bonds is 5. The highest BCUT2D eigenvalue weighted by Crippen LogP contribution is 2.39. The first-order chi connectivity index (χ1) is 17.1. The average Bonchev–Trinajstić information content (AvgIpc) is 3.63. The monoisotopic (exact) mass is 490 g/mol. The molecule has 2 aliphatic heterocycles. The molecule has 0 aliphatic carbocycles. The highest BCUT2D eigenvalue weighted by Gasteiger charge is 2.34. The fourth-order valence-electron chi connectivity index (χ4n) is 4.20. The van der Waals surface area contributed by atoms with Crippen molar-refractivity contribution in [3.8, 4) is 22.9 Å². The SMILES string of the molecule is CC1=C(c2nc(-c3ccc4c(c3)OCO4)no2)C(c2ccc(F)cc2)NC(=S)N1Cc1ccco1. The van der Waals surface area contributed by atoms with E-state index in [1.165, 1.54) is 12.1 Å². The number of allylic oxidation sites excluding steroid dienone is 1. The van der Waals surface area contributed by atoms with Crippen molar-refractivity contribution in [3.63, 3.8) is 0 Å². The van der Waals surface area contributed by atoms with Crippen LogP contribution in [-0.4, -0.2) is 26.9 Å². The molecule has 6 rings (SSSR count). The Labute approximate surface area is 204 Å². The molecule has 0 fully saturated rings. The van der Waals surface area contributed by atoms with E-state index in [2.05, 4.69) is 10.5 Å². The Hall–Kier alpha value is -4.18. The van der Waals surface area contributed by atoms with Gasteiger partial charge in [0.25, 0.3) is 5.89 Å². The molecular weight excluding hydrogens is 471 g/mol. The number of fused-ring (bicyclic) bond motifs is 1. The van der Waals surface area contributed by atoms with Crippen molar-refractivity contribution in [2.24, 2.45) is 0 Å². The first kappa shape index (κ1) is 21.4. The van der Waals surface area contributed by atoms with Gasteiger partial charge < -0.3 is 28.6 Å². The normalized spacial score (nSPS) is 17.1. The zero-order chi connectivity index (χ0) is 23.9. The molecule has 0 amide bonds. The summed E-state index contributed by atoms with van der Waals surface area (Å²) in [6.45, 7) is 2.54. The molecule has 10 heteroatoms. The second kappa shape index (κ2) is 8.55. The molecule has 1 atom stereocenters. The van der Waals surface area contributed by atoms with Crippen LogP contribution in [0.1, 0.15) is 30.2 Å².